The predicted molar refractivity (Wildman–Crippen MR) is 123 cm³/mol. The highest BCUT2D eigenvalue weighted by molar-refractivity contribution is 5.98. The minimum atomic E-state index is -0.0363. The molecule has 1 saturated heterocycles. The highest BCUT2D eigenvalue weighted by atomic mass is 16.5. The van der Waals surface area contributed by atoms with Gasteiger partial charge in [-0.3, -0.25) is 9.78 Å². The van der Waals surface area contributed by atoms with E-state index in [1.54, 1.807) is 13.3 Å². The monoisotopic (exact) mass is 444 g/mol. The normalized spacial score (nSPS) is 14.4. The van der Waals surface area contributed by atoms with Gasteiger partial charge in [-0.25, -0.2) is 4.98 Å². The minimum Gasteiger partial charge on any atom is -0.497 e. The van der Waals surface area contributed by atoms with Crippen molar-refractivity contribution >= 4 is 22.8 Å². The number of benzene rings is 1. The van der Waals surface area contributed by atoms with Gasteiger partial charge in [0.1, 0.15) is 29.0 Å². The van der Waals surface area contributed by atoms with Crippen molar-refractivity contribution in [3.05, 3.63) is 60.7 Å². The van der Waals surface area contributed by atoms with Gasteiger partial charge in [0.15, 0.2) is 0 Å². The molecule has 0 aliphatic carbocycles. The van der Waals surface area contributed by atoms with E-state index < -0.39 is 0 Å². The van der Waals surface area contributed by atoms with Gasteiger partial charge in [-0.05, 0) is 49.2 Å². The fourth-order valence-electron chi connectivity index (χ4n) is 4.14. The highest BCUT2D eigenvalue weighted by Gasteiger charge is 2.28. The van der Waals surface area contributed by atoms with Crippen molar-refractivity contribution in [1.82, 2.24) is 25.4 Å². The first kappa shape index (κ1) is 20.9. The number of hydrogen-bond acceptors (Lipinski definition) is 8. The molecule has 0 saturated carbocycles. The molecule has 168 valence electrons. The molecule has 1 fully saturated rings. The second kappa shape index (κ2) is 9.23. The molecule has 3 aromatic heterocycles. The predicted octanol–water partition coefficient (Wildman–Crippen LogP) is 3.22. The van der Waals surface area contributed by atoms with Crippen molar-refractivity contribution < 1.29 is 14.1 Å². The quantitative estimate of drug-likeness (QED) is 0.483. The van der Waals surface area contributed by atoms with Crippen LogP contribution < -0.4 is 15.0 Å². The number of fused-ring (bicyclic) bond motifs is 1. The summed E-state index contributed by atoms with van der Waals surface area (Å²) in [6.07, 6.45) is 4.70. The molecule has 33 heavy (non-hydrogen) atoms. The van der Waals surface area contributed by atoms with Crippen LogP contribution in [0.5, 0.6) is 5.75 Å². The Morgan fingerprint density at radius 1 is 1.12 bits per heavy atom. The molecule has 4 aromatic rings. The zero-order valence-corrected chi connectivity index (χ0v) is 18.3. The topological polar surface area (TPSA) is 106 Å². The number of hydrogen-bond donors (Lipinski definition) is 1. The van der Waals surface area contributed by atoms with E-state index in [-0.39, 0.29) is 11.8 Å². The zero-order valence-electron chi connectivity index (χ0n) is 18.3. The third-order valence-electron chi connectivity index (χ3n) is 5.95. The fraction of sp³-hybridized carbons (Fsp3) is 0.292. The number of piperidine rings is 1. The average Bonchev–Trinajstić information content (AvgIpc) is 3.32. The Hall–Kier alpha value is -4.01. The number of carbonyl (C=O) groups is 1. The Kier molecular flexibility index (Phi) is 5.84. The molecule has 1 N–H and O–H groups in total. The van der Waals surface area contributed by atoms with Crippen LogP contribution in [-0.4, -0.2) is 46.2 Å². The SMILES string of the molecule is COc1ccc(-c2noc3ncnc(N4CCC(C(=O)NCc5ccccn5)CC4)c23)cc1. The maximum Gasteiger partial charge on any atom is 0.263 e. The van der Waals surface area contributed by atoms with E-state index in [4.69, 9.17) is 9.26 Å². The number of rotatable bonds is 6. The lowest BCUT2D eigenvalue weighted by Crippen LogP contribution is -2.40. The lowest BCUT2D eigenvalue weighted by atomic mass is 9.95. The second-order valence-electron chi connectivity index (χ2n) is 7.94. The van der Waals surface area contributed by atoms with Gasteiger partial charge in [-0.2, -0.15) is 4.98 Å². The molecule has 0 radical (unpaired) electrons. The molecule has 9 heteroatoms. The Bertz CT molecular complexity index is 1230. The molecule has 0 unspecified atom stereocenters. The van der Waals surface area contributed by atoms with Crippen molar-refractivity contribution in [3.63, 3.8) is 0 Å². The first-order chi connectivity index (χ1) is 16.2. The Balaban J connectivity index is 1.30. The van der Waals surface area contributed by atoms with Crippen LogP contribution in [0.25, 0.3) is 22.4 Å². The summed E-state index contributed by atoms with van der Waals surface area (Å²) in [6, 6.07) is 13.3. The number of carbonyl (C=O) groups excluding carboxylic acids is 1. The number of nitrogens with zero attached hydrogens (tertiary/aromatic N) is 5. The number of aromatic nitrogens is 4. The lowest BCUT2D eigenvalue weighted by molar-refractivity contribution is -0.125. The van der Waals surface area contributed by atoms with E-state index in [2.05, 4.69) is 30.3 Å². The van der Waals surface area contributed by atoms with Gasteiger partial charge in [0, 0.05) is 30.8 Å². The lowest BCUT2D eigenvalue weighted by Gasteiger charge is -2.32. The molecule has 1 aromatic carbocycles. The van der Waals surface area contributed by atoms with Gasteiger partial charge in [0.2, 0.25) is 5.91 Å². The van der Waals surface area contributed by atoms with Gasteiger partial charge in [-0.15, -0.1) is 0 Å². The number of ether oxygens (including phenoxy) is 1. The van der Waals surface area contributed by atoms with E-state index in [1.807, 2.05) is 42.5 Å². The summed E-state index contributed by atoms with van der Waals surface area (Å²) in [5.74, 6) is 1.58. The van der Waals surface area contributed by atoms with Gasteiger partial charge in [0.25, 0.3) is 5.71 Å². The van der Waals surface area contributed by atoms with Crippen molar-refractivity contribution in [2.45, 2.75) is 19.4 Å². The standard InChI is InChI=1S/C24H24N6O3/c1-32-19-7-5-16(6-8-19)21-20-22(27-15-28-24(20)33-29-21)30-12-9-17(10-13-30)23(31)26-14-18-4-2-3-11-25-18/h2-8,11,15,17H,9-10,12-14H2,1H3,(H,26,31). The minimum absolute atomic E-state index is 0.0363. The molecular formula is C24H24N6O3. The Morgan fingerprint density at radius 2 is 1.94 bits per heavy atom. The molecule has 1 aliphatic heterocycles. The number of anilines is 1. The molecule has 1 aliphatic rings. The van der Waals surface area contributed by atoms with Crippen LogP contribution in [0.2, 0.25) is 0 Å². The molecule has 9 nitrogen and oxygen atoms in total. The van der Waals surface area contributed by atoms with Crippen molar-refractivity contribution in [3.8, 4) is 17.0 Å². The third kappa shape index (κ3) is 4.34. The molecule has 1 amide bonds. The first-order valence-electron chi connectivity index (χ1n) is 10.9. The van der Waals surface area contributed by atoms with Crippen molar-refractivity contribution in [2.75, 3.05) is 25.1 Å². The second-order valence-corrected chi connectivity index (χ2v) is 7.94. The van der Waals surface area contributed by atoms with Crippen LogP contribution in [0.4, 0.5) is 5.82 Å². The molecule has 4 heterocycles. The van der Waals surface area contributed by atoms with E-state index in [1.165, 1.54) is 6.33 Å². The van der Waals surface area contributed by atoms with E-state index in [9.17, 15) is 4.79 Å². The van der Waals surface area contributed by atoms with Crippen LogP contribution in [-0.2, 0) is 11.3 Å². The Labute approximate surface area is 190 Å². The zero-order chi connectivity index (χ0) is 22.6. The van der Waals surface area contributed by atoms with Crippen LogP contribution >= 0.6 is 0 Å². The first-order valence-corrected chi connectivity index (χ1v) is 10.9. The smallest absolute Gasteiger partial charge is 0.263 e. The molecule has 5 rings (SSSR count). The van der Waals surface area contributed by atoms with Gasteiger partial charge in [-0.1, -0.05) is 11.2 Å². The maximum absolute atomic E-state index is 12.7. The van der Waals surface area contributed by atoms with Gasteiger partial charge >= 0.3 is 0 Å². The highest BCUT2D eigenvalue weighted by Crippen LogP contribution is 2.35. The van der Waals surface area contributed by atoms with Crippen LogP contribution in [0.3, 0.4) is 0 Å². The summed E-state index contributed by atoms with van der Waals surface area (Å²) in [5, 5.41) is 8.04. The van der Waals surface area contributed by atoms with E-state index >= 15 is 0 Å². The summed E-state index contributed by atoms with van der Waals surface area (Å²) in [6.45, 7) is 1.86. The van der Waals surface area contributed by atoms with Crippen LogP contribution in [0, 0.1) is 5.92 Å². The van der Waals surface area contributed by atoms with Crippen molar-refractivity contribution in [2.24, 2.45) is 5.92 Å². The number of nitrogens with one attached hydrogen (secondary N) is 1. The van der Waals surface area contributed by atoms with Gasteiger partial charge in [0.05, 0.1) is 19.3 Å². The molecular weight excluding hydrogens is 420 g/mol. The van der Waals surface area contributed by atoms with E-state index in [0.29, 0.717) is 31.0 Å². The number of amides is 1. The fourth-order valence-corrected chi connectivity index (χ4v) is 4.14. The van der Waals surface area contributed by atoms with Crippen LogP contribution in [0.15, 0.2) is 59.5 Å². The largest absolute Gasteiger partial charge is 0.497 e. The summed E-state index contributed by atoms with van der Waals surface area (Å²) in [7, 11) is 1.63. The molecule has 0 atom stereocenters. The average molecular weight is 444 g/mol. The van der Waals surface area contributed by atoms with Crippen LogP contribution in [0.1, 0.15) is 18.5 Å². The number of pyridine rings is 1. The maximum atomic E-state index is 12.7. The summed E-state index contributed by atoms with van der Waals surface area (Å²) >= 11 is 0. The summed E-state index contributed by atoms with van der Waals surface area (Å²) in [4.78, 5) is 27.9. The number of methoxy groups -OCH3 is 1. The summed E-state index contributed by atoms with van der Waals surface area (Å²) in [5.41, 5.74) is 2.89. The molecule has 0 spiro atoms. The Morgan fingerprint density at radius 3 is 2.67 bits per heavy atom. The summed E-state index contributed by atoms with van der Waals surface area (Å²) < 4.78 is 10.7. The molecule has 0 bridgehead atoms. The van der Waals surface area contributed by atoms with Crippen molar-refractivity contribution in [1.29, 1.82) is 0 Å². The van der Waals surface area contributed by atoms with E-state index in [0.717, 1.165) is 41.1 Å². The van der Waals surface area contributed by atoms with Gasteiger partial charge < -0.3 is 19.5 Å². The third-order valence-corrected chi connectivity index (χ3v) is 5.95.